The van der Waals surface area contributed by atoms with Gasteiger partial charge in [0.15, 0.2) is 0 Å². The lowest BCUT2D eigenvalue weighted by Crippen LogP contribution is -1.87. The standard InChI is InChI=1S/C10H11N3/c1-7-6-11-13-10(7)9-5-3-4-8(2)12-9/h3-6H,1-2H3,(H,11,13). The SMILES string of the molecule is Cc1cccc(-c2[nH]ncc2C)n1. The first-order valence-corrected chi connectivity index (χ1v) is 4.21. The summed E-state index contributed by atoms with van der Waals surface area (Å²) in [5.74, 6) is 0. The van der Waals surface area contributed by atoms with Gasteiger partial charge in [-0.1, -0.05) is 6.07 Å². The molecule has 2 rings (SSSR count). The second-order valence-corrected chi connectivity index (χ2v) is 3.09. The van der Waals surface area contributed by atoms with Crippen molar-refractivity contribution in [1.82, 2.24) is 15.2 Å². The maximum atomic E-state index is 4.41. The summed E-state index contributed by atoms with van der Waals surface area (Å²) in [4.78, 5) is 4.41. The predicted molar refractivity (Wildman–Crippen MR) is 51.3 cm³/mol. The third kappa shape index (κ3) is 1.45. The van der Waals surface area contributed by atoms with Crippen LogP contribution in [-0.2, 0) is 0 Å². The van der Waals surface area contributed by atoms with E-state index in [-0.39, 0.29) is 0 Å². The lowest BCUT2D eigenvalue weighted by atomic mass is 10.2. The molecule has 0 amide bonds. The molecule has 1 N–H and O–H groups in total. The van der Waals surface area contributed by atoms with Crippen LogP contribution in [0, 0.1) is 13.8 Å². The molecule has 0 aliphatic heterocycles. The van der Waals surface area contributed by atoms with Crippen LogP contribution in [0.5, 0.6) is 0 Å². The molecule has 0 spiro atoms. The highest BCUT2D eigenvalue weighted by Crippen LogP contribution is 2.17. The van der Waals surface area contributed by atoms with Gasteiger partial charge in [0.2, 0.25) is 0 Å². The van der Waals surface area contributed by atoms with Crippen LogP contribution in [0.25, 0.3) is 11.4 Å². The Kier molecular flexibility index (Phi) is 1.85. The first-order chi connectivity index (χ1) is 6.27. The summed E-state index contributed by atoms with van der Waals surface area (Å²) in [6.45, 7) is 4.00. The third-order valence-corrected chi connectivity index (χ3v) is 1.97. The topological polar surface area (TPSA) is 41.6 Å². The first kappa shape index (κ1) is 7.98. The average Bonchev–Trinajstić information content (AvgIpc) is 2.51. The molecule has 0 fully saturated rings. The zero-order valence-electron chi connectivity index (χ0n) is 7.70. The molecule has 0 saturated carbocycles. The number of hydrogen-bond donors (Lipinski definition) is 1. The number of aromatic nitrogens is 3. The summed E-state index contributed by atoms with van der Waals surface area (Å²) in [6, 6.07) is 5.96. The number of nitrogens with one attached hydrogen (secondary N) is 1. The minimum absolute atomic E-state index is 0.954. The van der Waals surface area contributed by atoms with Gasteiger partial charge in [0, 0.05) is 5.69 Å². The Morgan fingerprint density at radius 1 is 1.23 bits per heavy atom. The molecule has 13 heavy (non-hydrogen) atoms. The number of pyridine rings is 1. The lowest BCUT2D eigenvalue weighted by molar-refractivity contribution is 1.08. The van der Waals surface area contributed by atoms with Crippen LogP contribution < -0.4 is 0 Å². The second kappa shape index (κ2) is 3.01. The van der Waals surface area contributed by atoms with Crippen molar-refractivity contribution in [2.45, 2.75) is 13.8 Å². The van der Waals surface area contributed by atoms with Crippen molar-refractivity contribution >= 4 is 0 Å². The largest absolute Gasteiger partial charge is 0.276 e. The molecule has 3 heteroatoms. The highest BCUT2D eigenvalue weighted by molar-refractivity contribution is 5.57. The van der Waals surface area contributed by atoms with Gasteiger partial charge in [0.05, 0.1) is 17.6 Å². The van der Waals surface area contributed by atoms with E-state index in [2.05, 4.69) is 15.2 Å². The van der Waals surface area contributed by atoms with E-state index in [1.165, 1.54) is 0 Å². The summed E-state index contributed by atoms with van der Waals surface area (Å²) in [6.07, 6.45) is 1.80. The summed E-state index contributed by atoms with van der Waals surface area (Å²) in [5, 5.41) is 6.90. The van der Waals surface area contributed by atoms with Crippen molar-refractivity contribution in [3.05, 3.63) is 35.7 Å². The van der Waals surface area contributed by atoms with Gasteiger partial charge in [-0.2, -0.15) is 5.10 Å². The van der Waals surface area contributed by atoms with Crippen LogP contribution in [0.3, 0.4) is 0 Å². The fraction of sp³-hybridized carbons (Fsp3) is 0.200. The number of hydrogen-bond acceptors (Lipinski definition) is 2. The summed E-state index contributed by atoms with van der Waals surface area (Å²) >= 11 is 0. The Labute approximate surface area is 76.8 Å². The fourth-order valence-corrected chi connectivity index (χ4v) is 1.29. The number of aryl methyl sites for hydroxylation is 2. The highest BCUT2D eigenvalue weighted by Gasteiger charge is 2.03. The number of nitrogens with zero attached hydrogens (tertiary/aromatic N) is 2. The molecule has 2 aromatic heterocycles. The van der Waals surface area contributed by atoms with Gasteiger partial charge in [-0.3, -0.25) is 10.1 Å². The molecular weight excluding hydrogens is 162 g/mol. The molecule has 66 valence electrons. The van der Waals surface area contributed by atoms with E-state index < -0.39 is 0 Å². The number of aromatic amines is 1. The van der Waals surface area contributed by atoms with Gasteiger partial charge in [-0.05, 0) is 31.5 Å². The Hall–Kier alpha value is -1.64. The molecule has 0 radical (unpaired) electrons. The van der Waals surface area contributed by atoms with E-state index in [0.29, 0.717) is 0 Å². The van der Waals surface area contributed by atoms with Gasteiger partial charge in [0.25, 0.3) is 0 Å². The smallest absolute Gasteiger partial charge is 0.0886 e. The van der Waals surface area contributed by atoms with Crippen LogP contribution in [0.2, 0.25) is 0 Å². The minimum atomic E-state index is 0.954. The lowest BCUT2D eigenvalue weighted by Gasteiger charge is -1.99. The number of rotatable bonds is 1. The molecule has 3 nitrogen and oxygen atoms in total. The highest BCUT2D eigenvalue weighted by atomic mass is 15.1. The minimum Gasteiger partial charge on any atom is -0.276 e. The van der Waals surface area contributed by atoms with Gasteiger partial charge >= 0.3 is 0 Å². The molecule has 0 bridgehead atoms. The van der Waals surface area contributed by atoms with E-state index >= 15 is 0 Å². The molecule has 2 aromatic rings. The van der Waals surface area contributed by atoms with Crippen molar-refractivity contribution in [3.63, 3.8) is 0 Å². The number of H-pyrrole nitrogens is 1. The van der Waals surface area contributed by atoms with Crippen LogP contribution in [-0.4, -0.2) is 15.2 Å². The summed E-state index contributed by atoms with van der Waals surface area (Å²) in [7, 11) is 0. The van der Waals surface area contributed by atoms with Crippen LogP contribution in [0.1, 0.15) is 11.3 Å². The third-order valence-electron chi connectivity index (χ3n) is 1.97. The molecule has 2 heterocycles. The molecule has 0 aromatic carbocycles. The first-order valence-electron chi connectivity index (χ1n) is 4.21. The molecule has 0 saturated heterocycles. The summed E-state index contributed by atoms with van der Waals surface area (Å²) in [5.41, 5.74) is 4.10. The van der Waals surface area contributed by atoms with Crippen LogP contribution >= 0.6 is 0 Å². The normalized spacial score (nSPS) is 10.3. The second-order valence-electron chi connectivity index (χ2n) is 3.09. The van der Waals surface area contributed by atoms with Crippen LogP contribution in [0.4, 0.5) is 0 Å². The van der Waals surface area contributed by atoms with Crippen molar-refractivity contribution in [3.8, 4) is 11.4 Å². The van der Waals surface area contributed by atoms with E-state index in [1.54, 1.807) is 6.20 Å². The van der Waals surface area contributed by atoms with E-state index in [9.17, 15) is 0 Å². The zero-order chi connectivity index (χ0) is 9.26. The van der Waals surface area contributed by atoms with Crippen molar-refractivity contribution < 1.29 is 0 Å². The van der Waals surface area contributed by atoms with E-state index in [0.717, 1.165) is 22.6 Å². The van der Waals surface area contributed by atoms with Crippen LogP contribution in [0.15, 0.2) is 24.4 Å². The molecule has 0 atom stereocenters. The zero-order valence-corrected chi connectivity index (χ0v) is 7.70. The maximum absolute atomic E-state index is 4.41. The van der Waals surface area contributed by atoms with Gasteiger partial charge in [0.1, 0.15) is 0 Å². The maximum Gasteiger partial charge on any atom is 0.0886 e. The Morgan fingerprint density at radius 3 is 2.69 bits per heavy atom. The average molecular weight is 173 g/mol. The molecular formula is C10H11N3. The van der Waals surface area contributed by atoms with Crippen molar-refractivity contribution in [2.75, 3.05) is 0 Å². The molecule has 0 aliphatic carbocycles. The van der Waals surface area contributed by atoms with E-state index in [4.69, 9.17) is 0 Å². The van der Waals surface area contributed by atoms with E-state index in [1.807, 2.05) is 32.0 Å². The Morgan fingerprint density at radius 2 is 2.08 bits per heavy atom. The molecule has 0 aliphatic rings. The van der Waals surface area contributed by atoms with Gasteiger partial charge in [-0.25, -0.2) is 0 Å². The van der Waals surface area contributed by atoms with Gasteiger partial charge in [-0.15, -0.1) is 0 Å². The Balaban J connectivity index is 2.53. The summed E-state index contributed by atoms with van der Waals surface area (Å²) < 4.78 is 0. The molecule has 0 unspecified atom stereocenters. The predicted octanol–water partition coefficient (Wildman–Crippen LogP) is 2.09. The van der Waals surface area contributed by atoms with Crippen molar-refractivity contribution in [1.29, 1.82) is 0 Å². The quantitative estimate of drug-likeness (QED) is 0.717. The fourth-order valence-electron chi connectivity index (χ4n) is 1.29. The monoisotopic (exact) mass is 173 g/mol. The Bertz CT molecular complexity index is 418. The van der Waals surface area contributed by atoms with Gasteiger partial charge < -0.3 is 0 Å². The van der Waals surface area contributed by atoms with Crippen molar-refractivity contribution in [2.24, 2.45) is 0 Å².